The highest BCUT2D eigenvalue weighted by Crippen LogP contribution is 2.32. The molecular formula is C17H20FNO. The molecule has 0 saturated carbocycles. The third-order valence-corrected chi connectivity index (χ3v) is 3.20. The van der Waals surface area contributed by atoms with Crippen LogP contribution in [0.2, 0.25) is 0 Å². The highest BCUT2D eigenvalue weighted by Gasteiger charge is 2.13. The van der Waals surface area contributed by atoms with Gasteiger partial charge in [0.15, 0.2) is 0 Å². The highest BCUT2D eigenvalue weighted by atomic mass is 19.1. The van der Waals surface area contributed by atoms with Crippen molar-refractivity contribution in [3.63, 3.8) is 0 Å². The number of aryl methyl sites for hydroxylation is 3. The Labute approximate surface area is 119 Å². The average molecular weight is 273 g/mol. The van der Waals surface area contributed by atoms with Crippen LogP contribution in [-0.4, -0.2) is 0 Å². The smallest absolute Gasteiger partial charge is 0.132 e. The minimum Gasteiger partial charge on any atom is -0.457 e. The number of ether oxygens (including phenoxy) is 1. The number of benzene rings is 2. The molecule has 0 radical (unpaired) electrons. The molecule has 0 saturated heterocycles. The maximum Gasteiger partial charge on any atom is 0.132 e. The number of hydrogen-bond donors (Lipinski definition) is 1. The van der Waals surface area contributed by atoms with Gasteiger partial charge in [-0.25, -0.2) is 4.39 Å². The molecule has 0 heterocycles. The van der Waals surface area contributed by atoms with Gasteiger partial charge in [0.25, 0.3) is 0 Å². The second kappa shape index (κ2) is 5.63. The van der Waals surface area contributed by atoms with Crippen molar-refractivity contribution in [2.45, 2.75) is 33.7 Å². The molecule has 2 aromatic carbocycles. The Morgan fingerprint density at radius 2 is 1.60 bits per heavy atom. The molecule has 1 atom stereocenters. The predicted octanol–water partition coefficient (Wildman–Crippen LogP) is 4.56. The molecule has 2 rings (SSSR count). The number of halogens is 1. The Balaban J connectivity index is 2.44. The molecular weight excluding hydrogens is 253 g/mol. The maximum absolute atomic E-state index is 13.7. The molecule has 0 amide bonds. The second-order valence-corrected chi connectivity index (χ2v) is 5.35. The first kappa shape index (κ1) is 14.5. The Morgan fingerprint density at radius 1 is 1.00 bits per heavy atom. The van der Waals surface area contributed by atoms with Gasteiger partial charge < -0.3 is 10.5 Å². The summed E-state index contributed by atoms with van der Waals surface area (Å²) in [4.78, 5) is 0. The van der Waals surface area contributed by atoms with E-state index < -0.39 is 0 Å². The molecule has 2 N–H and O–H groups in total. The van der Waals surface area contributed by atoms with Crippen LogP contribution in [-0.2, 0) is 0 Å². The third kappa shape index (κ3) is 3.17. The van der Waals surface area contributed by atoms with Crippen molar-refractivity contribution in [2.24, 2.45) is 5.73 Å². The lowest BCUT2D eigenvalue weighted by Gasteiger charge is -2.16. The van der Waals surface area contributed by atoms with Gasteiger partial charge in [0, 0.05) is 11.6 Å². The quantitative estimate of drug-likeness (QED) is 0.889. The lowest BCUT2D eigenvalue weighted by molar-refractivity contribution is 0.467. The first-order valence-electron chi connectivity index (χ1n) is 6.68. The Bertz CT molecular complexity index is 615. The Kier molecular flexibility index (Phi) is 4.09. The van der Waals surface area contributed by atoms with Gasteiger partial charge in [0.05, 0.1) is 0 Å². The zero-order valence-electron chi connectivity index (χ0n) is 12.3. The minimum atomic E-state index is -0.286. The fraction of sp³-hybridized carbons (Fsp3) is 0.294. The van der Waals surface area contributed by atoms with Crippen molar-refractivity contribution >= 4 is 0 Å². The summed E-state index contributed by atoms with van der Waals surface area (Å²) in [5.41, 5.74) is 9.38. The van der Waals surface area contributed by atoms with E-state index in [9.17, 15) is 4.39 Å². The molecule has 20 heavy (non-hydrogen) atoms. The summed E-state index contributed by atoms with van der Waals surface area (Å²) >= 11 is 0. The summed E-state index contributed by atoms with van der Waals surface area (Å²) in [5.74, 6) is 1.10. The number of nitrogens with two attached hydrogens (primary N) is 1. The van der Waals surface area contributed by atoms with E-state index in [0.29, 0.717) is 16.9 Å². The summed E-state index contributed by atoms with van der Waals surface area (Å²) in [5, 5.41) is 0. The monoisotopic (exact) mass is 273 g/mol. The van der Waals surface area contributed by atoms with Gasteiger partial charge in [0.2, 0.25) is 0 Å². The minimum absolute atomic E-state index is 0.259. The van der Waals surface area contributed by atoms with Crippen molar-refractivity contribution in [3.05, 3.63) is 58.4 Å². The van der Waals surface area contributed by atoms with E-state index in [4.69, 9.17) is 10.5 Å². The van der Waals surface area contributed by atoms with Gasteiger partial charge in [-0.1, -0.05) is 6.07 Å². The van der Waals surface area contributed by atoms with Crippen LogP contribution in [0.1, 0.15) is 35.2 Å². The lowest BCUT2D eigenvalue weighted by atomic mass is 10.0. The molecule has 3 heteroatoms. The number of hydrogen-bond acceptors (Lipinski definition) is 2. The van der Waals surface area contributed by atoms with E-state index in [2.05, 4.69) is 6.07 Å². The fourth-order valence-corrected chi connectivity index (χ4v) is 2.23. The first-order valence-corrected chi connectivity index (χ1v) is 6.68. The van der Waals surface area contributed by atoms with E-state index >= 15 is 0 Å². The SMILES string of the molecule is Cc1cc(C)cc(Oc2cc(C)c(F)cc2C(C)N)c1. The fourth-order valence-electron chi connectivity index (χ4n) is 2.23. The van der Waals surface area contributed by atoms with E-state index in [1.165, 1.54) is 6.07 Å². The largest absolute Gasteiger partial charge is 0.457 e. The standard InChI is InChI=1S/C17H20FNO/c1-10-5-11(2)7-14(6-10)20-17-8-12(3)16(18)9-15(17)13(4)19/h5-9,13H,19H2,1-4H3. The van der Waals surface area contributed by atoms with Gasteiger partial charge in [0.1, 0.15) is 17.3 Å². The van der Waals surface area contributed by atoms with Crippen LogP contribution < -0.4 is 10.5 Å². The summed E-state index contributed by atoms with van der Waals surface area (Å²) in [6.07, 6.45) is 0. The molecule has 0 aliphatic heterocycles. The van der Waals surface area contributed by atoms with Crippen LogP contribution in [0, 0.1) is 26.6 Å². The Hall–Kier alpha value is -1.87. The van der Waals surface area contributed by atoms with Crippen molar-refractivity contribution in [1.82, 2.24) is 0 Å². The third-order valence-electron chi connectivity index (χ3n) is 3.20. The van der Waals surface area contributed by atoms with Gasteiger partial charge >= 0.3 is 0 Å². The van der Waals surface area contributed by atoms with Crippen LogP contribution in [0.4, 0.5) is 4.39 Å². The van der Waals surface area contributed by atoms with Gasteiger partial charge in [-0.2, -0.15) is 0 Å². The van der Waals surface area contributed by atoms with Gasteiger partial charge in [-0.15, -0.1) is 0 Å². The van der Waals surface area contributed by atoms with E-state index in [1.54, 1.807) is 13.0 Å². The maximum atomic E-state index is 13.7. The zero-order chi connectivity index (χ0) is 14.9. The van der Waals surface area contributed by atoms with Crippen LogP contribution in [0.15, 0.2) is 30.3 Å². The Morgan fingerprint density at radius 3 is 2.15 bits per heavy atom. The molecule has 0 spiro atoms. The van der Waals surface area contributed by atoms with Crippen LogP contribution in [0.25, 0.3) is 0 Å². The summed E-state index contributed by atoms with van der Waals surface area (Å²) < 4.78 is 19.6. The molecule has 2 nitrogen and oxygen atoms in total. The molecule has 0 bridgehead atoms. The normalized spacial score (nSPS) is 12.3. The van der Waals surface area contributed by atoms with Crippen LogP contribution >= 0.6 is 0 Å². The summed E-state index contributed by atoms with van der Waals surface area (Å²) in [6.45, 7) is 7.57. The topological polar surface area (TPSA) is 35.2 Å². The summed E-state index contributed by atoms with van der Waals surface area (Å²) in [6, 6.07) is 8.86. The molecule has 0 aromatic heterocycles. The van der Waals surface area contributed by atoms with Crippen molar-refractivity contribution < 1.29 is 9.13 Å². The second-order valence-electron chi connectivity index (χ2n) is 5.35. The van der Waals surface area contributed by atoms with E-state index in [-0.39, 0.29) is 11.9 Å². The zero-order valence-corrected chi connectivity index (χ0v) is 12.3. The molecule has 1 unspecified atom stereocenters. The molecule has 2 aromatic rings. The van der Waals surface area contributed by atoms with Crippen molar-refractivity contribution in [1.29, 1.82) is 0 Å². The lowest BCUT2D eigenvalue weighted by Crippen LogP contribution is -2.08. The van der Waals surface area contributed by atoms with Crippen LogP contribution in [0.5, 0.6) is 11.5 Å². The predicted molar refractivity (Wildman–Crippen MR) is 79.7 cm³/mol. The summed E-state index contributed by atoms with van der Waals surface area (Å²) in [7, 11) is 0. The van der Waals surface area contributed by atoms with Gasteiger partial charge in [-0.05, 0) is 68.7 Å². The van der Waals surface area contributed by atoms with Gasteiger partial charge in [-0.3, -0.25) is 0 Å². The number of rotatable bonds is 3. The molecule has 106 valence electrons. The van der Waals surface area contributed by atoms with E-state index in [1.807, 2.05) is 32.9 Å². The molecule has 0 fully saturated rings. The highest BCUT2D eigenvalue weighted by molar-refractivity contribution is 5.44. The van der Waals surface area contributed by atoms with Crippen molar-refractivity contribution in [3.8, 4) is 11.5 Å². The van der Waals surface area contributed by atoms with E-state index in [0.717, 1.165) is 16.9 Å². The average Bonchev–Trinajstić information content (AvgIpc) is 2.31. The molecule has 0 aliphatic rings. The first-order chi connectivity index (χ1) is 9.36. The van der Waals surface area contributed by atoms with Crippen molar-refractivity contribution in [2.75, 3.05) is 0 Å². The molecule has 0 aliphatic carbocycles. The van der Waals surface area contributed by atoms with Crippen LogP contribution in [0.3, 0.4) is 0 Å².